The number of benzene rings is 3. The largest absolute Gasteiger partial charge is 0.397 e. The number of amides is 1. The number of carbonyl (C=O) groups is 1. The molecule has 0 radical (unpaired) electrons. The maximum atomic E-state index is 14.4. The zero-order chi connectivity index (χ0) is 23.2. The maximum absolute atomic E-state index is 14.4. The van der Waals surface area contributed by atoms with Gasteiger partial charge in [0.2, 0.25) is 0 Å². The number of nitrogens with two attached hydrogens (primary N) is 2. The lowest BCUT2D eigenvalue weighted by Crippen LogP contribution is -2.14. The molecule has 6 nitrogen and oxygen atoms in total. The van der Waals surface area contributed by atoms with Crippen LogP contribution in [0.2, 0.25) is 0 Å². The van der Waals surface area contributed by atoms with Gasteiger partial charge in [-0.3, -0.25) is 9.78 Å². The monoisotopic (exact) mass is 442 g/mol. The Morgan fingerprint density at radius 2 is 1.58 bits per heavy atom. The van der Waals surface area contributed by atoms with Gasteiger partial charge in [0.05, 0.1) is 42.0 Å². The highest BCUT2D eigenvalue weighted by Gasteiger charge is 2.14. The number of nitrogens with zero attached hydrogens (tertiary/aromatic N) is 1. The molecule has 0 saturated heterocycles. The summed E-state index contributed by atoms with van der Waals surface area (Å²) in [5.41, 5.74) is 15.8. The van der Waals surface area contributed by atoms with Gasteiger partial charge in [-0.25, -0.2) is 4.39 Å². The number of hydrogen-bond donors (Lipinski definition) is 3. The first-order valence-electron chi connectivity index (χ1n) is 10.3. The Morgan fingerprint density at radius 3 is 2.27 bits per heavy atom. The van der Waals surface area contributed by atoms with Crippen LogP contribution in [0.4, 0.5) is 21.5 Å². The molecular weight excluding hydrogens is 419 g/mol. The van der Waals surface area contributed by atoms with Gasteiger partial charge < -0.3 is 21.5 Å². The summed E-state index contributed by atoms with van der Waals surface area (Å²) >= 11 is 0. The predicted octanol–water partition coefficient (Wildman–Crippen LogP) is 5.02. The summed E-state index contributed by atoms with van der Waals surface area (Å²) in [6, 6.07) is 22.9. The molecular formula is C26H23FN4O2. The second kappa shape index (κ2) is 9.93. The molecule has 0 aliphatic rings. The summed E-state index contributed by atoms with van der Waals surface area (Å²) in [6.45, 7) is 0.959. The van der Waals surface area contributed by atoms with Crippen LogP contribution in [0.15, 0.2) is 85.1 Å². The second-order valence-electron chi connectivity index (χ2n) is 7.52. The number of ether oxygens (including phenoxy) is 1. The molecule has 33 heavy (non-hydrogen) atoms. The molecule has 0 atom stereocenters. The van der Waals surface area contributed by atoms with Crippen LogP contribution in [-0.4, -0.2) is 10.9 Å². The standard InChI is InChI=1S/C26H23FN4O2/c27-22-11-8-19(25-13-23(28)24(29)14-30-25)12-21(22)26(32)31-20-9-6-18(7-10-20)16-33-15-17-4-2-1-3-5-17/h1-14H,15-16,29H2,(H2,28,30)(H,31,32). The quantitative estimate of drug-likeness (QED) is 0.373. The third-order valence-corrected chi connectivity index (χ3v) is 5.07. The topological polar surface area (TPSA) is 103 Å². The minimum atomic E-state index is -0.634. The highest BCUT2D eigenvalue weighted by molar-refractivity contribution is 6.05. The van der Waals surface area contributed by atoms with Crippen molar-refractivity contribution in [2.45, 2.75) is 13.2 Å². The van der Waals surface area contributed by atoms with E-state index in [2.05, 4.69) is 10.3 Å². The number of nitrogens with one attached hydrogen (secondary N) is 1. The fourth-order valence-electron chi connectivity index (χ4n) is 3.24. The Kier molecular flexibility index (Phi) is 6.61. The molecule has 3 aromatic carbocycles. The number of halogens is 1. The Morgan fingerprint density at radius 1 is 0.879 bits per heavy atom. The molecule has 0 aliphatic heterocycles. The molecule has 0 aliphatic carbocycles. The van der Waals surface area contributed by atoms with E-state index < -0.39 is 11.7 Å². The minimum Gasteiger partial charge on any atom is -0.397 e. The van der Waals surface area contributed by atoms with Crippen molar-refractivity contribution in [2.24, 2.45) is 0 Å². The van der Waals surface area contributed by atoms with Crippen LogP contribution >= 0.6 is 0 Å². The summed E-state index contributed by atoms with van der Waals surface area (Å²) in [7, 11) is 0. The average molecular weight is 442 g/mol. The van der Waals surface area contributed by atoms with Crippen molar-refractivity contribution >= 4 is 23.0 Å². The zero-order valence-electron chi connectivity index (χ0n) is 17.8. The van der Waals surface area contributed by atoms with Gasteiger partial charge in [-0.2, -0.15) is 0 Å². The van der Waals surface area contributed by atoms with Crippen LogP contribution < -0.4 is 16.8 Å². The minimum absolute atomic E-state index is 0.0973. The van der Waals surface area contributed by atoms with Gasteiger partial charge in [0.15, 0.2) is 0 Å². The number of rotatable bonds is 7. The summed E-state index contributed by atoms with van der Waals surface area (Å²) in [5, 5.41) is 2.72. The van der Waals surface area contributed by atoms with Crippen LogP contribution in [-0.2, 0) is 18.0 Å². The van der Waals surface area contributed by atoms with E-state index >= 15 is 0 Å². The first kappa shape index (κ1) is 22.0. The van der Waals surface area contributed by atoms with Crippen molar-refractivity contribution in [3.8, 4) is 11.3 Å². The lowest BCUT2D eigenvalue weighted by Gasteiger charge is -2.10. The lowest BCUT2D eigenvalue weighted by molar-refractivity contribution is 0.102. The van der Waals surface area contributed by atoms with Crippen LogP contribution in [0, 0.1) is 5.82 Å². The van der Waals surface area contributed by atoms with E-state index in [9.17, 15) is 9.18 Å². The van der Waals surface area contributed by atoms with E-state index in [1.165, 1.54) is 24.4 Å². The Hall–Kier alpha value is -4.23. The van der Waals surface area contributed by atoms with E-state index in [1.54, 1.807) is 18.2 Å². The van der Waals surface area contributed by atoms with Crippen molar-refractivity contribution < 1.29 is 13.9 Å². The molecule has 0 unspecified atom stereocenters. The van der Waals surface area contributed by atoms with E-state index in [-0.39, 0.29) is 5.56 Å². The summed E-state index contributed by atoms with van der Waals surface area (Å²) < 4.78 is 20.1. The van der Waals surface area contributed by atoms with Gasteiger partial charge in [0.25, 0.3) is 5.91 Å². The molecule has 4 aromatic rings. The van der Waals surface area contributed by atoms with E-state index in [0.717, 1.165) is 11.1 Å². The average Bonchev–Trinajstić information content (AvgIpc) is 2.83. The third-order valence-electron chi connectivity index (χ3n) is 5.07. The molecule has 0 fully saturated rings. The van der Waals surface area contributed by atoms with E-state index in [0.29, 0.717) is 41.5 Å². The molecule has 0 saturated carbocycles. The second-order valence-corrected chi connectivity index (χ2v) is 7.52. The van der Waals surface area contributed by atoms with Gasteiger partial charge in [0.1, 0.15) is 5.82 Å². The van der Waals surface area contributed by atoms with Gasteiger partial charge in [-0.15, -0.1) is 0 Å². The molecule has 1 aromatic heterocycles. The number of aromatic nitrogens is 1. The molecule has 0 spiro atoms. The summed E-state index contributed by atoms with van der Waals surface area (Å²) in [6.07, 6.45) is 1.43. The number of hydrogen-bond acceptors (Lipinski definition) is 5. The van der Waals surface area contributed by atoms with Crippen molar-refractivity contribution in [1.82, 2.24) is 4.98 Å². The lowest BCUT2D eigenvalue weighted by atomic mass is 10.1. The van der Waals surface area contributed by atoms with Crippen molar-refractivity contribution in [1.29, 1.82) is 0 Å². The predicted molar refractivity (Wildman–Crippen MR) is 128 cm³/mol. The smallest absolute Gasteiger partial charge is 0.258 e. The molecule has 1 amide bonds. The van der Waals surface area contributed by atoms with Gasteiger partial charge >= 0.3 is 0 Å². The Balaban J connectivity index is 1.41. The molecule has 0 bridgehead atoms. The molecule has 5 N–H and O–H groups in total. The summed E-state index contributed by atoms with van der Waals surface area (Å²) in [4.78, 5) is 16.9. The first-order chi connectivity index (χ1) is 16.0. The van der Waals surface area contributed by atoms with Gasteiger partial charge in [0, 0.05) is 11.3 Å². The van der Waals surface area contributed by atoms with E-state index in [4.69, 9.17) is 16.2 Å². The van der Waals surface area contributed by atoms with Crippen LogP contribution in [0.1, 0.15) is 21.5 Å². The van der Waals surface area contributed by atoms with Gasteiger partial charge in [-0.1, -0.05) is 42.5 Å². The normalized spacial score (nSPS) is 10.7. The SMILES string of the molecule is Nc1cnc(-c2ccc(F)c(C(=O)Nc3ccc(COCc4ccccc4)cc3)c2)cc1N. The maximum Gasteiger partial charge on any atom is 0.258 e. The number of nitrogen functional groups attached to an aromatic ring is 2. The fraction of sp³-hybridized carbons (Fsp3) is 0.0769. The number of carbonyl (C=O) groups excluding carboxylic acids is 1. The van der Waals surface area contributed by atoms with Gasteiger partial charge in [-0.05, 0) is 47.5 Å². The molecule has 166 valence electrons. The van der Waals surface area contributed by atoms with E-state index in [1.807, 2.05) is 42.5 Å². The number of pyridine rings is 1. The number of anilines is 3. The van der Waals surface area contributed by atoms with Crippen molar-refractivity contribution in [3.63, 3.8) is 0 Å². The van der Waals surface area contributed by atoms with Crippen LogP contribution in [0.3, 0.4) is 0 Å². The Bertz CT molecular complexity index is 1260. The molecule has 7 heteroatoms. The van der Waals surface area contributed by atoms with Crippen LogP contribution in [0.5, 0.6) is 0 Å². The van der Waals surface area contributed by atoms with Crippen molar-refractivity contribution in [3.05, 3.63) is 108 Å². The zero-order valence-corrected chi connectivity index (χ0v) is 17.8. The molecule has 1 heterocycles. The Labute approximate surface area is 191 Å². The van der Waals surface area contributed by atoms with Crippen molar-refractivity contribution in [2.75, 3.05) is 16.8 Å². The van der Waals surface area contributed by atoms with Crippen LogP contribution in [0.25, 0.3) is 11.3 Å². The fourth-order valence-corrected chi connectivity index (χ4v) is 3.24. The highest BCUT2D eigenvalue weighted by Crippen LogP contribution is 2.25. The third kappa shape index (κ3) is 5.53. The highest BCUT2D eigenvalue weighted by atomic mass is 19.1. The first-order valence-corrected chi connectivity index (χ1v) is 10.3. The summed E-state index contributed by atoms with van der Waals surface area (Å²) in [5.74, 6) is -1.20. The molecule has 4 rings (SSSR count).